The maximum Gasteiger partial charge on any atom is 0.124 e. The first-order chi connectivity index (χ1) is 5.42. The molecule has 2 heteroatoms. The summed E-state index contributed by atoms with van der Waals surface area (Å²) in [6.07, 6.45) is 0. The van der Waals surface area contributed by atoms with Crippen LogP contribution in [0.4, 0.5) is 0 Å². The average molecular weight is 145 g/mol. The van der Waals surface area contributed by atoms with Crippen LogP contribution in [0, 0.1) is 11.3 Å². The molecule has 0 N–H and O–H groups in total. The van der Waals surface area contributed by atoms with Crippen molar-refractivity contribution in [2.24, 2.45) is 0 Å². The molecule has 0 saturated carbocycles. The Bertz CT molecular complexity index is 314. The van der Waals surface area contributed by atoms with Gasteiger partial charge in [-0.2, -0.15) is 5.26 Å². The number of benzene rings is 1. The van der Waals surface area contributed by atoms with Crippen LogP contribution in [0.25, 0.3) is 0 Å². The second-order valence-corrected chi connectivity index (χ2v) is 2.53. The molecule has 0 amide bonds. The molecule has 11 heavy (non-hydrogen) atoms. The van der Waals surface area contributed by atoms with Crippen LogP contribution in [0.15, 0.2) is 24.3 Å². The SMILES string of the molecule is N#CC1COc2ccccc21. The number of rotatable bonds is 0. The first-order valence-corrected chi connectivity index (χ1v) is 3.53. The zero-order valence-electron chi connectivity index (χ0n) is 5.95. The van der Waals surface area contributed by atoms with Crippen molar-refractivity contribution in [3.05, 3.63) is 29.8 Å². The Hall–Kier alpha value is -1.49. The van der Waals surface area contributed by atoms with E-state index in [1.807, 2.05) is 24.3 Å². The molecule has 0 radical (unpaired) electrons. The predicted molar refractivity (Wildman–Crippen MR) is 40.3 cm³/mol. The monoisotopic (exact) mass is 145 g/mol. The second-order valence-electron chi connectivity index (χ2n) is 2.53. The lowest BCUT2D eigenvalue weighted by Crippen LogP contribution is -1.95. The van der Waals surface area contributed by atoms with Crippen LogP contribution in [0.5, 0.6) is 5.75 Å². The van der Waals surface area contributed by atoms with Gasteiger partial charge in [-0.05, 0) is 6.07 Å². The van der Waals surface area contributed by atoms with Crippen molar-refractivity contribution in [1.82, 2.24) is 0 Å². The van der Waals surface area contributed by atoms with Crippen LogP contribution in [-0.4, -0.2) is 6.61 Å². The molecule has 0 spiro atoms. The number of hydrogen-bond donors (Lipinski definition) is 0. The van der Waals surface area contributed by atoms with Gasteiger partial charge in [0.15, 0.2) is 0 Å². The van der Waals surface area contributed by atoms with Gasteiger partial charge in [0.05, 0.1) is 6.07 Å². The summed E-state index contributed by atoms with van der Waals surface area (Å²) in [6.45, 7) is 0.510. The maximum absolute atomic E-state index is 8.68. The molecule has 0 bridgehead atoms. The van der Waals surface area contributed by atoms with E-state index in [0.717, 1.165) is 11.3 Å². The van der Waals surface area contributed by atoms with Crippen molar-refractivity contribution in [2.75, 3.05) is 6.61 Å². The summed E-state index contributed by atoms with van der Waals surface area (Å²) in [6, 6.07) is 9.87. The van der Waals surface area contributed by atoms with Crippen LogP contribution >= 0.6 is 0 Å². The van der Waals surface area contributed by atoms with Gasteiger partial charge in [0.1, 0.15) is 18.3 Å². The molecule has 54 valence electrons. The quantitative estimate of drug-likeness (QED) is 0.556. The van der Waals surface area contributed by atoms with Gasteiger partial charge in [-0.3, -0.25) is 0 Å². The van der Waals surface area contributed by atoms with E-state index in [1.165, 1.54) is 0 Å². The molecule has 0 aliphatic carbocycles. The second kappa shape index (κ2) is 2.28. The van der Waals surface area contributed by atoms with E-state index >= 15 is 0 Å². The van der Waals surface area contributed by atoms with Crippen molar-refractivity contribution in [1.29, 1.82) is 5.26 Å². The summed E-state index contributed by atoms with van der Waals surface area (Å²) in [5, 5.41) is 8.68. The Kier molecular flexibility index (Phi) is 1.29. The van der Waals surface area contributed by atoms with E-state index < -0.39 is 0 Å². The highest BCUT2D eigenvalue weighted by atomic mass is 16.5. The van der Waals surface area contributed by atoms with E-state index in [9.17, 15) is 0 Å². The third-order valence-electron chi connectivity index (χ3n) is 1.86. The Morgan fingerprint density at radius 3 is 3.09 bits per heavy atom. The largest absolute Gasteiger partial charge is 0.492 e. The minimum absolute atomic E-state index is 0.0637. The molecule has 0 fully saturated rings. The van der Waals surface area contributed by atoms with Gasteiger partial charge in [-0.15, -0.1) is 0 Å². The van der Waals surface area contributed by atoms with Gasteiger partial charge in [-0.1, -0.05) is 18.2 Å². The Labute approximate surface area is 65.0 Å². The van der Waals surface area contributed by atoms with Crippen LogP contribution < -0.4 is 4.74 Å². The smallest absolute Gasteiger partial charge is 0.124 e. The van der Waals surface area contributed by atoms with E-state index in [0.29, 0.717) is 6.61 Å². The summed E-state index contributed by atoms with van der Waals surface area (Å²) < 4.78 is 5.28. The molecule has 1 aromatic rings. The fraction of sp³-hybridized carbons (Fsp3) is 0.222. The number of ether oxygens (including phenoxy) is 1. The standard InChI is InChI=1S/C9H7NO/c10-5-7-6-11-9-4-2-1-3-8(7)9/h1-4,7H,6H2. The summed E-state index contributed by atoms with van der Waals surface area (Å²) in [4.78, 5) is 0. The summed E-state index contributed by atoms with van der Waals surface area (Å²) in [7, 11) is 0. The summed E-state index contributed by atoms with van der Waals surface area (Å²) in [5.74, 6) is 0.797. The summed E-state index contributed by atoms with van der Waals surface area (Å²) in [5.41, 5.74) is 1.02. The molecule has 1 aliphatic heterocycles. The van der Waals surface area contributed by atoms with Crippen molar-refractivity contribution >= 4 is 0 Å². The minimum Gasteiger partial charge on any atom is -0.492 e. The lowest BCUT2D eigenvalue weighted by Gasteiger charge is -1.94. The number of para-hydroxylation sites is 1. The van der Waals surface area contributed by atoms with Gasteiger partial charge in [0.25, 0.3) is 0 Å². The third kappa shape index (κ3) is 0.857. The normalized spacial score (nSPS) is 20.1. The maximum atomic E-state index is 8.68. The Morgan fingerprint density at radius 1 is 1.45 bits per heavy atom. The van der Waals surface area contributed by atoms with Crippen LogP contribution in [0.3, 0.4) is 0 Å². The zero-order valence-corrected chi connectivity index (χ0v) is 5.95. The van der Waals surface area contributed by atoms with Gasteiger partial charge < -0.3 is 4.74 Å². The van der Waals surface area contributed by atoms with Crippen molar-refractivity contribution < 1.29 is 4.74 Å². The molecule has 0 aromatic heterocycles. The fourth-order valence-electron chi connectivity index (χ4n) is 1.27. The van der Waals surface area contributed by atoms with Crippen LogP contribution in [-0.2, 0) is 0 Å². The van der Waals surface area contributed by atoms with Crippen molar-refractivity contribution in [2.45, 2.75) is 5.92 Å². The lowest BCUT2D eigenvalue weighted by atomic mass is 10.0. The van der Waals surface area contributed by atoms with Gasteiger partial charge in [0.2, 0.25) is 0 Å². The van der Waals surface area contributed by atoms with E-state index in [-0.39, 0.29) is 5.92 Å². The van der Waals surface area contributed by atoms with Gasteiger partial charge >= 0.3 is 0 Å². The number of hydrogen-bond acceptors (Lipinski definition) is 2. The molecule has 1 aromatic carbocycles. The molecule has 2 nitrogen and oxygen atoms in total. The van der Waals surface area contributed by atoms with Gasteiger partial charge in [0, 0.05) is 5.56 Å². The van der Waals surface area contributed by atoms with Crippen molar-refractivity contribution in [3.63, 3.8) is 0 Å². The molecule has 0 saturated heterocycles. The van der Waals surface area contributed by atoms with Gasteiger partial charge in [-0.25, -0.2) is 0 Å². The highest BCUT2D eigenvalue weighted by Crippen LogP contribution is 2.32. The van der Waals surface area contributed by atoms with Crippen LogP contribution in [0.1, 0.15) is 11.5 Å². The average Bonchev–Trinajstić information content (AvgIpc) is 2.47. The molecule has 1 heterocycles. The van der Waals surface area contributed by atoms with E-state index in [1.54, 1.807) is 0 Å². The van der Waals surface area contributed by atoms with E-state index in [4.69, 9.17) is 10.00 Å². The van der Waals surface area contributed by atoms with E-state index in [2.05, 4.69) is 6.07 Å². The third-order valence-corrected chi connectivity index (χ3v) is 1.86. The number of fused-ring (bicyclic) bond motifs is 1. The topological polar surface area (TPSA) is 33.0 Å². The lowest BCUT2D eigenvalue weighted by molar-refractivity contribution is 0.347. The molecule has 1 unspecified atom stereocenters. The molecule has 1 atom stereocenters. The van der Waals surface area contributed by atoms with Crippen molar-refractivity contribution in [3.8, 4) is 11.8 Å². The zero-order chi connectivity index (χ0) is 7.68. The summed E-state index contributed by atoms with van der Waals surface area (Å²) >= 11 is 0. The molecular weight excluding hydrogens is 138 g/mol. The Balaban J connectivity index is 2.49. The fourth-order valence-corrected chi connectivity index (χ4v) is 1.27. The van der Waals surface area contributed by atoms with Crippen LogP contribution in [0.2, 0.25) is 0 Å². The minimum atomic E-state index is -0.0637. The first kappa shape index (κ1) is 6.23. The number of nitrogens with zero attached hydrogens (tertiary/aromatic N) is 1. The first-order valence-electron chi connectivity index (χ1n) is 3.53. The Morgan fingerprint density at radius 2 is 2.27 bits per heavy atom. The molecular formula is C9H7NO. The molecule has 2 rings (SSSR count). The molecule has 1 aliphatic rings. The highest BCUT2D eigenvalue weighted by molar-refractivity contribution is 5.42. The number of nitriles is 1. The highest BCUT2D eigenvalue weighted by Gasteiger charge is 2.22. The predicted octanol–water partition coefficient (Wildman–Crippen LogP) is 1.69.